The van der Waals surface area contributed by atoms with Crippen LogP contribution in [0.15, 0.2) is 233 Å². The second kappa shape index (κ2) is 13.1. The highest BCUT2D eigenvalue weighted by Crippen LogP contribution is 2.65. The van der Waals surface area contributed by atoms with Crippen molar-refractivity contribution in [2.24, 2.45) is 0 Å². The molecule has 0 radical (unpaired) electrons. The van der Waals surface area contributed by atoms with Crippen LogP contribution in [0.5, 0.6) is 0 Å². The summed E-state index contributed by atoms with van der Waals surface area (Å²) >= 11 is 1.88. The van der Waals surface area contributed by atoms with Gasteiger partial charge < -0.3 is 13.9 Å². The minimum absolute atomic E-state index is 0.537. The first kappa shape index (κ1) is 34.9. The fourth-order valence-corrected chi connectivity index (χ4v) is 12.3. The lowest BCUT2D eigenvalue weighted by Gasteiger charge is -2.39. The molecule has 2 aromatic heterocycles. The molecule has 0 fully saturated rings. The number of aromatic nitrogens is 1. The van der Waals surface area contributed by atoms with Gasteiger partial charge in [-0.2, -0.15) is 0 Å². The van der Waals surface area contributed by atoms with Gasteiger partial charge in [-0.15, -0.1) is 0 Å². The molecule has 3 nitrogen and oxygen atoms in total. The largest absolute Gasteiger partial charge is 0.456 e. The minimum atomic E-state index is -0.537. The van der Waals surface area contributed by atoms with Crippen molar-refractivity contribution in [2.45, 2.75) is 15.2 Å². The molecule has 4 heteroatoms. The van der Waals surface area contributed by atoms with Crippen molar-refractivity contribution >= 4 is 83.3 Å². The van der Waals surface area contributed by atoms with Crippen molar-refractivity contribution in [3.63, 3.8) is 0 Å². The molecule has 0 saturated carbocycles. The number of rotatable bonds is 4. The van der Waals surface area contributed by atoms with Gasteiger partial charge >= 0.3 is 0 Å². The van der Waals surface area contributed by atoms with Crippen LogP contribution in [0.2, 0.25) is 0 Å². The van der Waals surface area contributed by atoms with Crippen molar-refractivity contribution in [1.29, 1.82) is 0 Å². The molecule has 63 heavy (non-hydrogen) atoms. The highest BCUT2D eigenvalue weighted by Gasteiger charge is 2.51. The molecule has 1 aliphatic carbocycles. The molecule has 0 bridgehead atoms. The number of anilines is 3. The standard InChI is InChI=1S/C59H36N2OS/c1-2-16-38(17-3-1)61-50-24-10-6-19-42(50)45-35-39(31-34-51(45)61)60(40-30-32-44-43-20-7-11-26-53(43)62-54(44)36-40)52-25-14-23-48-58(52)57-41-18-5-4-15-37(41)29-33-49(57)59(48)46-21-8-12-27-55(46)63-56-28-13-9-22-47(56)59/h1-36H. The molecule has 2 aliphatic rings. The molecule has 0 saturated heterocycles. The Kier molecular flexibility index (Phi) is 7.26. The predicted molar refractivity (Wildman–Crippen MR) is 262 cm³/mol. The second-order valence-corrected chi connectivity index (χ2v) is 17.8. The molecule has 1 aliphatic heterocycles. The maximum atomic E-state index is 6.64. The smallest absolute Gasteiger partial charge is 0.137 e. The van der Waals surface area contributed by atoms with E-state index < -0.39 is 5.41 Å². The highest BCUT2D eigenvalue weighted by atomic mass is 32.2. The zero-order valence-electron chi connectivity index (χ0n) is 34.0. The highest BCUT2D eigenvalue weighted by molar-refractivity contribution is 7.99. The van der Waals surface area contributed by atoms with E-state index in [1.54, 1.807) is 0 Å². The van der Waals surface area contributed by atoms with E-state index in [0.717, 1.165) is 44.7 Å². The lowest BCUT2D eigenvalue weighted by molar-refractivity contribution is 0.669. The predicted octanol–water partition coefficient (Wildman–Crippen LogP) is 16.1. The number of hydrogen-bond acceptors (Lipinski definition) is 3. The van der Waals surface area contributed by atoms with Gasteiger partial charge in [0.05, 0.1) is 22.1 Å². The van der Waals surface area contributed by atoms with Crippen LogP contribution in [-0.2, 0) is 5.41 Å². The Morgan fingerprint density at radius 3 is 1.86 bits per heavy atom. The van der Waals surface area contributed by atoms with Gasteiger partial charge in [0.25, 0.3) is 0 Å². The summed E-state index contributed by atoms with van der Waals surface area (Å²) in [5.74, 6) is 0. The first-order valence-corrected chi connectivity index (χ1v) is 22.4. The molecule has 0 N–H and O–H groups in total. The van der Waals surface area contributed by atoms with Crippen LogP contribution >= 0.6 is 11.8 Å². The van der Waals surface area contributed by atoms with Crippen molar-refractivity contribution < 1.29 is 4.42 Å². The number of furan rings is 1. The van der Waals surface area contributed by atoms with E-state index in [2.05, 4.69) is 222 Å². The van der Waals surface area contributed by atoms with Gasteiger partial charge in [0.15, 0.2) is 0 Å². The van der Waals surface area contributed by atoms with Gasteiger partial charge in [-0.1, -0.05) is 151 Å². The molecule has 3 heterocycles. The molecular weight excluding hydrogens is 785 g/mol. The SMILES string of the molecule is c1ccc(-n2c3ccccc3c3cc(N(c4ccc5c(c4)oc4ccccc45)c4cccc5c4-c4c(ccc6ccccc46)C54c5ccccc5Sc5ccccc54)ccc32)cc1. The van der Waals surface area contributed by atoms with Crippen LogP contribution in [0.3, 0.4) is 0 Å². The van der Waals surface area contributed by atoms with Crippen molar-refractivity contribution in [3.8, 4) is 16.8 Å². The van der Waals surface area contributed by atoms with Gasteiger partial charge in [0.2, 0.25) is 0 Å². The van der Waals surface area contributed by atoms with Crippen LogP contribution in [0, 0.1) is 0 Å². The third kappa shape index (κ3) is 4.76. The Hall–Kier alpha value is -7.79. The van der Waals surface area contributed by atoms with Crippen LogP contribution in [-0.4, -0.2) is 4.57 Å². The maximum Gasteiger partial charge on any atom is 0.137 e. The van der Waals surface area contributed by atoms with E-state index in [1.165, 1.54) is 75.7 Å². The summed E-state index contributed by atoms with van der Waals surface area (Å²) in [6, 6.07) is 80.4. The quantitative estimate of drug-likeness (QED) is 0.176. The normalized spacial score (nSPS) is 13.5. The van der Waals surface area contributed by atoms with Gasteiger partial charge in [-0.05, 0) is 111 Å². The van der Waals surface area contributed by atoms with Crippen LogP contribution < -0.4 is 4.90 Å². The first-order valence-electron chi connectivity index (χ1n) is 21.6. The Morgan fingerprint density at radius 1 is 0.397 bits per heavy atom. The Labute approximate surface area is 368 Å². The van der Waals surface area contributed by atoms with Crippen molar-refractivity contribution in [1.82, 2.24) is 4.57 Å². The number of nitrogens with zero attached hydrogens (tertiary/aromatic N) is 2. The number of fused-ring (bicyclic) bond motifs is 17. The summed E-state index contributed by atoms with van der Waals surface area (Å²) in [7, 11) is 0. The molecule has 0 atom stereocenters. The fraction of sp³-hybridized carbons (Fsp3) is 0.0169. The molecule has 14 rings (SSSR count). The third-order valence-electron chi connectivity index (χ3n) is 13.6. The topological polar surface area (TPSA) is 21.3 Å². The molecule has 0 unspecified atom stereocenters. The first-order chi connectivity index (χ1) is 31.3. The van der Waals surface area contributed by atoms with E-state index in [0.29, 0.717) is 0 Å². The Balaban J connectivity index is 1.11. The van der Waals surface area contributed by atoms with E-state index in [-0.39, 0.29) is 0 Å². The lowest BCUT2D eigenvalue weighted by Crippen LogP contribution is -2.32. The third-order valence-corrected chi connectivity index (χ3v) is 14.8. The van der Waals surface area contributed by atoms with Gasteiger partial charge in [0, 0.05) is 60.0 Å². The zero-order valence-corrected chi connectivity index (χ0v) is 34.8. The Bertz CT molecular complexity index is 3810. The monoisotopic (exact) mass is 820 g/mol. The fourth-order valence-electron chi connectivity index (χ4n) is 11.1. The summed E-state index contributed by atoms with van der Waals surface area (Å²) in [6.45, 7) is 0. The molecule has 10 aromatic carbocycles. The average Bonchev–Trinajstić information content (AvgIpc) is 3.99. The van der Waals surface area contributed by atoms with Gasteiger partial charge in [-0.25, -0.2) is 0 Å². The van der Waals surface area contributed by atoms with Crippen LogP contribution in [0.25, 0.3) is 71.3 Å². The van der Waals surface area contributed by atoms with Crippen LogP contribution in [0.4, 0.5) is 17.1 Å². The van der Waals surface area contributed by atoms with E-state index in [1.807, 2.05) is 17.8 Å². The summed E-state index contributed by atoms with van der Waals surface area (Å²) in [5.41, 5.74) is 15.7. The molecule has 294 valence electrons. The molecule has 1 spiro atoms. The lowest BCUT2D eigenvalue weighted by atomic mass is 9.67. The van der Waals surface area contributed by atoms with Crippen LogP contribution in [0.1, 0.15) is 22.3 Å². The number of hydrogen-bond donors (Lipinski definition) is 0. The van der Waals surface area contributed by atoms with E-state index in [9.17, 15) is 0 Å². The number of benzene rings is 10. The zero-order chi connectivity index (χ0) is 41.2. The summed E-state index contributed by atoms with van der Waals surface area (Å²) in [5, 5.41) is 7.12. The molecule has 12 aromatic rings. The molecular formula is C59H36N2OS. The summed E-state index contributed by atoms with van der Waals surface area (Å²) in [6.07, 6.45) is 0. The number of para-hydroxylation sites is 3. The second-order valence-electron chi connectivity index (χ2n) is 16.8. The maximum absolute atomic E-state index is 6.64. The van der Waals surface area contributed by atoms with Gasteiger partial charge in [-0.3, -0.25) is 0 Å². The average molecular weight is 821 g/mol. The molecule has 0 amide bonds. The van der Waals surface area contributed by atoms with E-state index in [4.69, 9.17) is 4.42 Å². The van der Waals surface area contributed by atoms with Crippen molar-refractivity contribution in [3.05, 3.63) is 241 Å². The minimum Gasteiger partial charge on any atom is -0.456 e. The summed E-state index contributed by atoms with van der Waals surface area (Å²) in [4.78, 5) is 5.07. The van der Waals surface area contributed by atoms with Crippen molar-refractivity contribution in [2.75, 3.05) is 4.90 Å². The van der Waals surface area contributed by atoms with E-state index >= 15 is 0 Å². The van der Waals surface area contributed by atoms with Gasteiger partial charge in [0.1, 0.15) is 11.2 Å². The summed E-state index contributed by atoms with van der Waals surface area (Å²) < 4.78 is 9.03. The Morgan fingerprint density at radius 2 is 1.02 bits per heavy atom.